The van der Waals surface area contributed by atoms with Crippen LogP contribution in [-0.2, 0) is 0 Å². The van der Waals surface area contributed by atoms with Crippen LogP contribution in [0.3, 0.4) is 0 Å². The number of aromatic nitrogens is 2. The Bertz CT molecular complexity index is 551. The quantitative estimate of drug-likeness (QED) is 0.856. The summed E-state index contributed by atoms with van der Waals surface area (Å²) in [6.45, 7) is 6.14. The van der Waals surface area contributed by atoms with Crippen LogP contribution in [-0.4, -0.2) is 10.1 Å². The highest BCUT2D eigenvalue weighted by atomic mass is 127. The first kappa shape index (κ1) is 13.5. The molecule has 0 aliphatic carbocycles. The molecule has 1 heterocycles. The summed E-state index contributed by atoms with van der Waals surface area (Å²) in [6, 6.07) is 5.83. The fraction of sp³-hybridized carbons (Fsp3) is 0.385. The normalized spacial score (nSPS) is 13.0. The second-order valence-electron chi connectivity index (χ2n) is 4.66. The zero-order valence-corrected chi connectivity index (χ0v) is 12.8. The van der Waals surface area contributed by atoms with Gasteiger partial charge in [0.2, 0.25) is 0 Å². The van der Waals surface area contributed by atoms with Gasteiger partial charge in [-0.1, -0.05) is 31.1 Å². The zero-order valence-electron chi connectivity index (χ0n) is 10.6. The minimum atomic E-state index is -0.190. The summed E-state index contributed by atoms with van der Waals surface area (Å²) in [5.41, 5.74) is 8.17. The number of aryl methyl sites for hydroxylation is 1. The highest BCUT2D eigenvalue weighted by molar-refractivity contribution is 14.1. The lowest BCUT2D eigenvalue weighted by atomic mass is 10.1. The van der Waals surface area contributed by atoms with Crippen LogP contribution in [0.5, 0.6) is 0 Å². The standard InChI is InChI=1S/C13H16IN3O/c1-7(2)11(15)12-16-13(18-17-12)9-6-4-5-8(3)10(9)14/h4-7,11H,15H2,1-3H3. The summed E-state index contributed by atoms with van der Waals surface area (Å²) >= 11 is 2.29. The molecule has 0 fully saturated rings. The lowest BCUT2D eigenvalue weighted by Crippen LogP contribution is -2.18. The maximum Gasteiger partial charge on any atom is 0.259 e. The Labute approximate surface area is 120 Å². The van der Waals surface area contributed by atoms with E-state index in [1.54, 1.807) is 0 Å². The summed E-state index contributed by atoms with van der Waals surface area (Å²) in [4.78, 5) is 4.40. The molecule has 0 radical (unpaired) electrons. The van der Waals surface area contributed by atoms with Crippen molar-refractivity contribution in [1.82, 2.24) is 10.1 Å². The Balaban J connectivity index is 2.38. The van der Waals surface area contributed by atoms with E-state index < -0.39 is 0 Å². The maximum absolute atomic E-state index is 6.01. The SMILES string of the molecule is Cc1cccc(-c2nc(C(N)C(C)C)no2)c1I. The van der Waals surface area contributed by atoms with Gasteiger partial charge in [0, 0.05) is 3.57 Å². The lowest BCUT2D eigenvalue weighted by Gasteiger charge is -2.09. The molecule has 1 atom stereocenters. The zero-order chi connectivity index (χ0) is 13.3. The largest absolute Gasteiger partial charge is 0.334 e. The Morgan fingerprint density at radius 2 is 2.06 bits per heavy atom. The predicted molar refractivity (Wildman–Crippen MR) is 79.0 cm³/mol. The molecule has 1 unspecified atom stereocenters. The molecule has 0 aliphatic rings. The van der Waals surface area contributed by atoms with Crippen molar-refractivity contribution in [1.29, 1.82) is 0 Å². The highest BCUT2D eigenvalue weighted by Gasteiger charge is 2.19. The van der Waals surface area contributed by atoms with Gasteiger partial charge in [0.1, 0.15) is 0 Å². The van der Waals surface area contributed by atoms with E-state index in [4.69, 9.17) is 10.3 Å². The van der Waals surface area contributed by atoms with Gasteiger partial charge in [0.15, 0.2) is 5.82 Å². The number of halogens is 1. The molecular formula is C13H16IN3O. The van der Waals surface area contributed by atoms with E-state index in [0.717, 1.165) is 9.13 Å². The molecule has 2 N–H and O–H groups in total. The predicted octanol–water partition coefficient (Wildman–Crippen LogP) is 3.31. The first-order chi connectivity index (χ1) is 8.50. The average Bonchev–Trinajstić information content (AvgIpc) is 2.80. The lowest BCUT2D eigenvalue weighted by molar-refractivity contribution is 0.400. The van der Waals surface area contributed by atoms with E-state index in [-0.39, 0.29) is 12.0 Å². The molecule has 1 aromatic carbocycles. The van der Waals surface area contributed by atoms with Crippen molar-refractivity contribution in [3.63, 3.8) is 0 Å². The van der Waals surface area contributed by atoms with Crippen LogP contribution < -0.4 is 5.73 Å². The van der Waals surface area contributed by atoms with Gasteiger partial charge in [-0.05, 0) is 47.1 Å². The second-order valence-corrected chi connectivity index (χ2v) is 5.74. The molecule has 2 rings (SSSR count). The minimum absolute atomic E-state index is 0.190. The van der Waals surface area contributed by atoms with E-state index in [0.29, 0.717) is 11.7 Å². The van der Waals surface area contributed by atoms with Crippen LogP contribution in [0.15, 0.2) is 22.7 Å². The van der Waals surface area contributed by atoms with Gasteiger partial charge in [-0.3, -0.25) is 0 Å². The fourth-order valence-corrected chi connectivity index (χ4v) is 2.18. The molecule has 5 heteroatoms. The summed E-state index contributed by atoms with van der Waals surface area (Å²) in [6.07, 6.45) is 0. The van der Waals surface area contributed by atoms with Gasteiger partial charge in [0.25, 0.3) is 5.89 Å². The third-order valence-corrected chi connectivity index (χ3v) is 4.31. The van der Waals surface area contributed by atoms with Crippen LogP contribution in [0.2, 0.25) is 0 Å². The number of hydrogen-bond acceptors (Lipinski definition) is 4. The molecule has 0 bridgehead atoms. The number of rotatable bonds is 3. The first-order valence-electron chi connectivity index (χ1n) is 5.85. The molecule has 0 saturated carbocycles. The van der Waals surface area contributed by atoms with Crippen LogP contribution in [0.25, 0.3) is 11.5 Å². The van der Waals surface area contributed by atoms with Gasteiger partial charge in [-0.15, -0.1) is 0 Å². The first-order valence-corrected chi connectivity index (χ1v) is 6.93. The minimum Gasteiger partial charge on any atom is -0.334 e. The molecule has 0 saturated heterocycles. The van der Waals surface area contributed by atoms with Crippen molar-refractivity contribution in [2.24, 2.45) is 11.7 Å². The van der Waals surface area contributed by atoms with E-state index in [1.165, 1.54) is 5.56 Å². The molecule has 2 aromatic rings. The monoisotopic (exact) mass is 357 g/mol. The van der Waals surface area contributed by atoms with Crippen LogP contribution in [0.1, 0.15) is 31.3 Å². The third-order valence-electron chi connectivity index (χ3n) is 2.88. The molecule has 4 nitrogen and oxygen atoms in total. The van der Waals surface area contributed by atoms with Gasteiger partial charge < -0.3 is 10.3 Å². The van der Waals surface area contributed by atoms with Crippen LogP contribution in [0, 0.1) is 16.4 Å². The maximum atomic E-state index is 6.01. The molecule has 0 spiro atoms. The van der Waals surface area contributed by atoms with Gasteiger partial charge in [0.05, 0.1) is 11.6 Å². The summed E-state index contributed by atoms with van der Waals surface area (Å²) in [5.74, 6) is 1.39. The van der Waals surface area contributed by atoms with Crippen molar-refractivity contribution in [3.05, 3.63) is 33.2 Å². The summed E-state index contributed by atoms with van der Waals surface area (Å²) in [5, 5.41) is 3.97. The molecule has 1 aromatic heterocycles. The molecule has 0 amide bonds. The van der Waals surface area contributed by atoms with Gasteiger partial charge in [-0.25, -0.2) is 0 Å². The van der Waals surface area contributed by atoms with Crippen molar-refractivity contribution in [2.45, 2.75) is 26.8 Å². The Morgan fingerprint density at radius 3 is 2.72 bits per heavy atom. The van der Waals surface area contributed by atoms with E-state index in [2.05, 4.69) is 45.7 Å². The van der Waals surface area contributed by atoms with Gasteiger partial charge >= 0.3 is 0 Å². The van der Waals surface area contributed by atoms with Crippen LogP contribution in [0.4, 0.5) is 0 Å². The van der Waals surface area contributed by atoms with E-state index >= 15 is 0 Å². The molecule has 0 aliphatic heterocycles. The summed E-state index contributed by atoms with van der Waals surface area (Å²) in [7, 11) is 0. The number of nitrogens with two attached hydrogens (primary N) is 1. The average molecular weight is 357 g/mol. The van der Waals surface area contributed by atoms with Crippen molar-refractivity contribution in [2.75, 3.05) is 0 Å². The third kappa shape index (κ3) is 2.56. The Morgan fingerprint density at radius 1 is 1.33 bits per heavy atom. The molecule has 18 heavy (non-hydrogen) atoms. The van der Waals surface area contributed by atoms with Crippen molar-refractivity contribution in [3.8, 4) is 11.5 Å². The van der Waals surface area contributed by atoms with Crippen molar-refractivity contribution >= 4 is 22.6 Å². The Kier molecular flexibility index (Phi) is 4.01. The smallest absolute Gasteiger partial charge is 0.259 e. The molecule has 96 valence electrons. The van der Waals surface area contributed by atoms with E-state index in [1.807, 2.05) is 26.0 Å². The number of nitrogens with zero attached hydrogens (tertiary/aromatic N) is 2. The van der Waals surface area contributed by atoms with E-state index in [9.17, 15) is 0 Å². The molecular weight excluding hydrogens is 341 g/mol. The number of benzene rings is 1. The second kappa shape index (κ2) is 5.36. The highest BCUT2D eigenvalue weighted by Crippen LogP contribution is 2.27. The van der Waals surface area contributed by atoms with Crippen LogP contribution >= 0.6 is 22.6 Å². The van der Waals surface area contributed by atoms with Crippen molar-refractivity contribution < 1.29 is 4.52 Å². The van der Waals surface area contributed by atoms with Gasteiger partial charge in [-0.2, -0.15) is 4.98 Å². The Hall–Kier alpha value is -0.950. The number of hydrogen-bond donors (Lipinski definition) is 1. The topological polar surface area (TPSA) is 64.9 Å². The fourth-order valence-electron chi connectivity index (χ4n) is 1.59. The summed E-state index contributed by atoms with van der Waals surface area (Å²) < 4.78 is 6.44.